The Kier molecular flexibility index (Phi) is 6.67. The van der Waals surface area contributed by atoms with Crippen LogP contribution in [0.1, 0.15) is 29.5 Å². The molecule has 7 nitrogen and oxygen atoms in total. The van der Waals surface area contributed by atoms with E-state index in [4.69, 9.17) is 11.1 Å². The molecular weight excluding hydrogens is 484 g/mol. The van der Waals surface area contributed by atoms with Crippen LogP contribution >= 0.6 is 0 Å². The third-order valence-corrected chi connectivity index (χ3v) is 8.12. The Hall–Kier alpha value is -4.17. The average molecular weight is 513 g/mol. The number of nitrogen functional groups attached to an aromatic ring is 1. The van der Waals surface area contributed by atoms with Crippen molar-refractivity contribution in [1.82, 2.24) is 0 Å². The zero-order valence-electron chi connectivity index (χ0n) is 20.3. The fraction of sp³-hybridized carbons (Fsp3) is 0.172. The van der Waals surface area contributed by atoms with Gasteiger partial charge in [0.1, 0.15) is 5.84 Å². The van der Waals surface area contributed by atoms with E-state index in [9.17, 15) is 13.2 Å². The summed E-state index contributed by atoms with van der Waals surface area (Å²) in [6, 6.07) is 25.4. The zero-order chi connectivity index (χ0) is 26.0. The Morgan fingerprint density at radius 1 is 0.973 bits per heavy atom. The summed E-state index contributed by atoms with van der Waals surface area (Å²) in [4.78, 5) is 15.1. The minimum absolute atomic E-state index is 0.0197. The van der Waals surface area contributed by atoms with Crippen LogP contribution < -0.4 is 15.4 Å². The summed E-state index contributed by atoms with van der Waals surface area (Å²) in [7, 11) is -3.80. The number of nitrogens with two attached hydrogens (primary N) is 1. The van der Waals surface area contributed by atoms with Crippen LogP contribution in [0, 0.1) is 5.41 Å². The van der Waals surface area contributed by atoms with Gasteiger partial charge < -0.3 is 10.6 Å². The first-order chi connectivity index (χ1) is 17.8. The lowest BCUT2D eigenvalue weighted by molar-refractivity contribution is -0.118. The van der Waals surface area contributed by atoms with Gasteiger partial charge in [0.05, 0.1) is 4.90 Å². The molecule has 4 N–H and O–H groups in total. The van der Waals surface area contributed by atoms with Gasteiger partial charge in [0.25, 0.3) is 10.0 Å². The van der Waals surface area contributed by atoms with Crippen molar-refractivity contribution in [2.75, 3.05) is 16.2 Å². The Labute approximate surface area is 216 Å². The Balaban J connectivity index is 1.31. The first-order valence-electron chi connectivity index (χ1n) is 12.2. The van der Waals surface area contributed by atoms with Gasteiger partial charge >= 0.3 is 0 Å². The van der Waals surface area contributed by atoms with Crippen molar-refractivity contribution in [3.05, 3.63) is 102 Å². The quantitative estimate of drug-likeness (QED) is 0.243. The van der Waals surface area contributed by atoms with E-state index in [1.54, 1.807) is 41.3 Å². The number of anilines is 2. The monoisotopic (exact) mass is 512 g/mol. The number of aryl methyl sites for hydroxylation is 2. The van der Waals surface area contributed by atoms with Crippen molar-refractivity contribution in [2.45, 2.75) is 30.6 Å². The number of amides is 1. The van der Waals surface area contributed by atoms with E-state index in [2.05, 4.69) is 4.72 Å². The van der Waals surface area contributed by atoms with Crippen molar-refractivity contribution in [1.29, 1.82) is 5.41 Å². The first-order valence-corrected chi connectivity index (χ1v) is 13.7. The number of amidine groups is 1. The number of sulfonamides is 1. The van der Waals surface area contributed by atoms with Crippen LogP contribution in [-0.4, -0.2) is 26.7 Å². The van der Waals surface area contributed by atoms with Crippen LogP contribution in [0.3, 0.4) is 0 Å². The highest BCUT2D eigenvalue weighted by Gasteiger charge is 2.24. The average Bonchev–Trinajstić information content (AvgIpc) is 2.91. The molecule has 0 aliphatic carbocycles. The van der Waals surface area contributed by atoms with Gasteiger partial charge in [-0.2, -0.15) is 0 Å². The van der Waals surface area contributed by atoms with Gasteiger partial charge in [-0.25, -0.2) is 8.42 Å². The number of carbonyl (C=O) groups is 1. The molecule has 1 aliphatic heterocycles. The lowest BCUT2D eigenvalue weighted by Gasteiger charge is -2.30. The molecule has 0 bridgehead atoms. The van der Waals surface area contributed by atoms with Crippen molar-refractivity contribution in [3.8, 4) is 0 Å². The summed E-state index contributed by atoms with van der Waals surface area (Å²) in [6.45, 7) is 0.635. The molecule has 0 saturated heterocycles. The third-order valence-electron chi connectivity index (χ3n) is 6.68. The van der Waals surface area contributed by atoms with Crippen LogP contribution in [0.2, 0.25) is 0 Å². The molecule has 4 aromatic carbocycles. The van der Waals surface area contributed by atoms with Gasteiger partial charge in [0.2, 0.25) is 5.91 Å². The molecule has 1 aliphatic rings. The normalized spacial score (nSPS) is 13.2. The van der Waals surface area contributed by atoms with Crippen molar-refractivity contribution in [3.63, 3.8) is 0 Å². The molecule has 0 spiro atoms. The van der Waals surface area contributed by atoms with Gasteiger partial charge in [0.15, 0.2) is 0 Å². The number of hydrogen-bond acceptors (Lipinski definition) is 4. The molecule has 188 valence electrons. The molecule has 0 unspecified atom stereocenters. The van der Waals surface area contributed by atoms with E-state index >= 15 is 0 Å². The summed E-state index contributed by atoms with van der Waals surface area (Å²) < 4.78 is 29.2. The SMILES string of the molecule is N=C(N)c1ccc(CCC(=O)N2CCCc3cc(NS(=O)(=O)c4cccc5ccccc45)ccc32)cc1. The number of hydrogen-bond donors (Lipinski definition) is 3. The number of carbonyl (C=O) groups excluding carboxylic acids is 1. The molecule has 0 fully saturated rings. The summed E-state index contributed by atoms with van der Waals surface area (Å²) >= 11 is 0. The molecular formula is C29H28N4O3S. The van der Waals surface area contributed by atoms with Crippen LogP contribution in [0.25, 0.3) is 10.8 Å². The Morgan fingerprint density at radius 3 is 2.51 bits per heavy atom. The van der Waals surface area contributed by atoms with Crippen LogP contribution in [-0.2, 0) is 27.7 Å². The predicted octanol–water partition coefficient (Wildman–Crippen LogP) is 4.84. The fourth-order valence-corrected chi connectivity index (χ4v) is 6.08. The third kappa shape index (κ3) is 5.20. The minimum Gasteiger partial charge on any atom is -0.384 e. The topological polar surface area (TPSA) is 116 Å². The predicted molar refractivity (Wildman–Crippen MR) is 148 cm³/mol. The summed E-state index contributed by atoms with van der Waals surface area (Å²) in [5.41, 5.74) is 9.43. The number of fused-ring (bicyclic) bond motifs is 2. The summed E-state index contributed by atoms with van der Waals surface area (Å²) in [6.07, 6.45) is 2.53. The van der Waals surface area contributed by atoms with Crippen LogP contribution in [0.4, 0.5) is 11.4 Å². The molecule has 37 heavy (non-hydrogen) atoms. The van der Waals surface area contributed by atoms with E-state index < -0.39 is 10.0 Å². The van der Waals surface area contributed by atoms with Crippen LogP contribution in [0.15, 0.2) is 89.8 Å². The molecule has 0 radical (unpaired) electrons. The molecule has 1 heterocycles. The maximum Gasteiger partial charge on any atom is 0.262 e. The second-order valence-electron chi connectivity index (χ2n) is 9.19. The molecule has 4 aromatic rings. The Morgan fingerprint density at radius 2 is 1.73 bits per heavy atom. The fourth-order valence-electron chi connectivity index (χ4n) is 4.80. The Bertz CT molecular complexity index is 1590. The summed E-state index contributed by atoms with van der Waals surface area (Å²) in [5.74, 6) is 0.0482. The van der Waals surface area contributed by atoms with Crippen LogP contribution in [0.5, 0.6) is 0 Å². The first kappa shape index (κ1) is 24.5. The molecule has 0 aromatic heterocycles. The number of nitrogens with zero attached hydrogens (tertiary/aromatic N) is 1. The number of rotatable bonds is 7. The van der Waals surface area contributed by atoms with E-state index in [1.165, 1.54) is 0 Å². The van der Waals surface area contributed by atoms with Crippen molar-refractivity contribution < 1.29 is 13.2 Å². The highest BCUT2D eigenvalue weighted by Crippen LogP contribution is 2.32. The van der Waals surface area contributed by atoms with E-state index in [0.29, 0.717) is 36.0 Å². The molecule has 0 saturated carbocycles. The molecule has 8 heteroatoms. The van der Waals surface area contributed by atoms with Gasteiger partial charge in [-0.15, -0.1) is 0 Å². The lowest BCUT2D eigenvalue weighted by Crippen LogP contribution is -2.35. The maximum atomic E-state index is 13.2. The molecule has 1 amide bonds. The lowest BCUT2D eigenvalue weighted by atomic mass is 10.00. The minimum atomic E-state index is -3.80. The number of nitrogens with one attached hydrogen (secondary N) is 2. The largest absolute Gasteiger partial charge is 0.384 e. The van der Waals surface area contributed by atoms with E-state index in [0.717, 1.165) is 35.0 Å². The van der Waals surface area contributed by atoms with Gasteiger partial charge in [-0.3, -0.25) is 14.9 Å². The van der Waals surface area contributed by atoms with Crippen molar-refractivity contribution >= 4 is 43.9 Å². The van der Waals surface area contributed by atoms with Gasteiger partial charge in [-0.05, 0) is 60.0 Å². The van der Waals surface area contributed by atoms with E-state index in [1.807, 2.05) is 48.5 Å². The smallest absolute Gasteiger partial charge is 0.262 e. The van der Waals surface area contributed by atoms with Gasteiger partial charge in [-0.1, -0.05) is 60.7 Å². The standard InChI is InChI=1S/C29H28N4O3S/c30-29(31)22-13-10-20(11-14-22)12-17-28(34)33-18-4-7-23-19-24(15-16-26(23)33)32-37(35,36)27-9-3-6-21-5-1-2-8-25(21)27/h1-3,5-6,8-11,13-16,19,32H,4,7,12,17-18H2,(H3,30,31). The highest BCUT2D eigenvalue weighted by atomic mass is 32.2. The second-order valence-corrected chi connectivity index (χ2v) is 10.8. The highest BCUT2D eigenvalue weighted by molar-refractivity contribution is 7.93. The van der Waals surface area contributed by atoms with E-state index in [-0.39, 0.29) is 16.6 Å². The zero-order valence-corrected chi connectivity index (χ0v) is 21.1. The molecule has 0 atom stereocenters. The number of benzene rings is 4. The van der Waals surface area contributed by atoms with Gasteiger partial charge in [0, 0.05) is 35.3 Å². The second kappa shape index (κ2) is 10.1. The summed E-state index contributed by atoms with van der Waals surface area (Å²) in [5, 5.41) is 9.03. The molecule has 5 rings (SSSR count). The maximum absolute atomic E-state index is 13.2. The van der Waals surface area contributed by atoms with Crippen molar-refractivity contribution in [2.24, 2.45) is 5.73 Å².